The monoisotopic (exact) mass is 219 g/mol. The molecule has 1 aromatic carbocycles. The van der Waals surface area contributed by atoms with Crippen LogP contribution in [0.3, 0.4) is 0 Å². The smallest absolute Gasteiger partial charge is 0.220 e. The van der Waals surface area contributed by atoms with Gasteiger partial charge in [-0.1, -0.05) is 25.5 Å². The zero-order valence-electron chi connectivity index (χ0n) is 7.46. The molecule has 0 heterocycles. The fraction of sp³-hybridized carbons (Fsp3) is 0.300. The third-order valence-corrected chi connectivity index (χ3v) is 1.67. The Morgan fingerprint density at radius 1 is 1.38 bits per heavy atom. The van der Waals surface area contributed by atoms with Gasteiger partial charge in [-0.05, 0) is 24.1 Å². The molecule has 3 heteroatoms. The molecule has 1 aromatic rings. The van der Waals surface area contributed by atoms with Gasteiger partial charge in [0, 0.05) is 17.1 Å². The molecule has 1 radical (unpaired) electrons. The summed E-state index contributed by atoms with van der Waals surface area (Å²) in [5, 5.41) is 9.17. The molecule has 0 fully saturated rings. The standard InChI is InChI=1S/C10H12O2.Mn/c1-2-4-8-5-3-6-9(11)10(12)7-8;/h3,5-7H,2,4H2,1H3,(H,11,12);. The molecule has 0 spiro atoms. The molecule has 0 atom stereocenters. The second-order valence-corrected chi connectivity index (χ2v) is 2.74. The van der Waals surface area contributed by atoms with Crippen LogP contribution in [0.1, 0.15) is 18.9 Å². The minimum absolute atomic E-state index is 0. The second-order valence-electron chi connectivity index (χ2n) is 2.74. The summed E-state index contributed by atoms with van der Waals surface area (Å²) in [7, 11) is 0. The number of rotatable bonds is 2. The van der Waals surface area contributed by atoms with Crippen LogP contribution in [0.25, 0.3) is 0 Å². The first-order chi connectivity index (χ1) is 5.74. The van der Waals surface area contributed by atoms with E-state index in [0.717, 1.165) is 18.4 Å². The molecule has 0 unspecified atom stereocenters. The third kappa shape index (κ3) is 3.62. The van der Waals surface area contributed by atoms with Crippen LogP contribution in [0, 0.1) is 0 Å². The van der Waals surface area contributed by atoms with E-state index < -0.39 is 0 Å². The van der Waals surface area contributed by atoms with Gasteiger partial charge in [0.25, 0.3) is 0 Å². The maximum atomic E-state index is 10.9. The predicted molar refractivity (Wildman–Crippen MR) is 48.4 cm³/mol. The van der Waals surface area contributed by atoms with Crippen LogP contribution in [0.2, 0.25) is 0 Å². The van der Waals surface area contributed by atoms with Crippen LogP contribution in [0.5, 0.6) is 5.75 Å². The first-order valence-corrected chi connectivity index (χ1v) is 4.06. The van der Waals surface area contributed by atoms with Crippen LogP contribution >= 0.6 is 0 Å². The summed E-state index contributed by atoms with van der Waals surface area (Å²) in [4.78, 5) is 10.9. The van der Waals surface area contributed by atoms with Gasteiger partial charge in [-0.2, -0.15) is 0 Å². The number of aryl methyl sites for hydroxylation is 1. The largest absolute Gasteiger partial charge is 0.504 e. The van der Waals surface area contributed by atoms with E-state index in [2.05, 4.69) is 6.92 Å². The number of aromatic hydroxyl groups is 1. The van der Waals surface area contributed by atoms with Crippen LogP contribution in [-0.4, -0.2) is 5.11 Å². The fourth-order valence-corrected chi connectivity index (χ4v) is 1.08. The van der Waals surface area contributed by atoms with Gasteiger partial charge in [0.1, 0.15) is 0 Å². The molecule has 0 amide bonds. The first kappa shape index (κ1) is 12.2. The normalized spacial score (nSPS) is 9.00. The van der Waals surface area contributed by atoms with Crippen LogP contribution in [0.4, 0.5) is 0 Å². The van der Waals surface area contributed by atoms with Crippen molar-refractivity contribution in [1.82, 2.24) is 0 Å². The molecule has 13 heavy (non-hydrogen) atoms. The van der Waals surface area contributed by atoms with Crippen molar-refractivity contribution in [3.05, 3.63) is 40.1 Å². The second kappa shape index (κ2) is 5.79. The van der Waals surface area contributed by atoms with Crippen molar-refractivity contribution < 1.29 is 22.2 Å². The van der Waals surface area contributed by atoms with Crippen molar-refractivity contribution >= 4 is 0 Å². The van der Waals surface area contributed by atoms with Crippen molar-refractivity contribution in [2.75, 3.05) is 0 Å². The Hall–Kier alpha value is -0.791. The third-order valence-electron chi connectivity index (χ3n) is 1.67. The minimum atomic E-state index is -0.322. The maximum Gasteiger partial charge on any atom is 0.220 e. The first-order valence-electron chi connectivity index (χ1n) is 4.06. The van der Waals surface area contributed by atoms with Crippen molar-refractivity contribution in [3.63, 3.8) is 0 Å². The summed E-state index contributed by atoms with van der Waals surface area (Å²) in [6.45, 7) is 2.06. The van der Waals surface area contributed by atoms with Crippen LogP contribution in [0.15, 0.2) is 29.1 Å². The van der Waals surface area contributed by atoms with E-state index in [9.17, 15) is 9.90 Å². The summed E-state index contributed by atoms with van der Waals surface area (Å²) in [6, 6.07) is 6.43. The zero-order valence-corrected chi connectivity index (χ0v) is 8.64. The zero-order chi connectivity index (χ0) is 8.97. The summed E-state index contributed by atoms with van der Waals surface area (Å²) < 4.78 is 0. The van der Waals surface area contributed by atoms with Crippen molar-refractivity contribution in [2.24, 2.45) is 0 Å². The Kier molecular flexibility index (Phi) is 5.43. The van der Waals surface area contributed by atoms with E-state index in [0.29, 0.717) is 0 Å². The van der Waals surface area contributed by atoms with Gasteiger partial charge in [0.05, 0.1) is 0 Å². The molecule has 1 N–H and O–H groups in total. The predicted octanol–water partition coefficient (Wildman–Crippen LogP) is 1.70. The summed E-state index contributed by atoms with van der Waals surface area (Å²) in [6.07, 6.45) is 1.90. The van der Waals surface area contributed by atoms with Gasteiger partial charge in [-0.25, -0.2) is 0 Å². The van der Waals surface area contributed by atoms with Gasteiger partial charge in [-0.3, -0.25) is 4.79 Å². The number of hydrogen-bond acceptors (Lipinski definition) is 2. The van der Waals surface area contributed by atoms with Gasteiger partial charge in [0.2, 0.25) is 5.43 Å². The molecule has 0 saturated heterocycles. The summed E-state index contributed by atoms with van der Waals surface area (Å²) in [5.74, 6) is -0.163. The summed E-state index contributed by atoms with van der Waals surface area (Å²) in [5.41, 5.74) is 0.675. The average Bonchev–Trinajstić information content (AvgIpc) is 2.16. The Morgan fingerprint density at radius 3 is 2.69 bits per heavy atom. The minimum Gasteiger partial charge on any atom is -0.504 e. The molecule has 0 aliphatic heterocycles. The molecular formula is C10H12MnO2. The van der Waals surface area contributed by atoms with Gasteiger partial charge in [-0.15, -0.1) is 0 Å². The molecule has 1 rings (SSSR count). The van der Waals surface area contributed by atoms with E-state index >= 15 is 0 Å². The molecule has 0 aliphatic rings. The maximum absolute atomic E-state index is 10.9. The van der Waals surface area contributed by atoms with E-state index in [1.54, 1.807) is 6.07 Å². The van der Waals surface area contributed by atoms with Crippen molar-refractivity contribution in [2.45, 2.75) is 19.8 Å². The molecule has 0 aliphatic carbocycles. The van der Waals surface area contributed by atoms with E-state index in [1.165, 1.54) is 12.1 Å². The molecule has 0 aromatic heterocycles. The Morgan fingerprint density at radius 2 is 2.08 bits per heavy atom. The van der Waals surface area contributed by atoms with Gasteiger partial charge in [0.15, 0.2) is 5.75 Å². The van der Waals surface area contributed by atoms with Gasteiger partial charge >= 0.3 is 0 Å². The fourth-order valence-electron chi connectivity index (χ4n) is 1.08. The Labute approximate surface area is 88.1 Å². The summed E-state index contributed by atoms with van der Waals surface area (Å²) >= 11 is 0. The number of hydrogen-bond donors (Lipinski definition) is 1. The Balaban J connectivity index is 0.00000144. The van der Waals surface area contributed by atoms with Crippen LogP contribution in [-0.2, 0) is 23.5 Å². The molecule has 0 saturated carbocycles. The van der Waals surface area contributed by atoms with Crippen molar-refractivity contribution in [1.29, 1.82) is 0 Å². The molecular weight excluding hydrogens is 207 g/mol. The van der Waals surface area contributed by atoms with Gasteiger partial charge < -0.3 is 5.11 Å². The molecule has 0 bridgehead atoms. The van der Waals surface area contributed by atoms with E-state index in [-0.39, 0.29) is 28.2 Å². The average molecular weight is 219 g/mol. The molecule has 2 nitrogen and oxygen atoms in total. The topological polar surface area (TPSA) is 37.3 Å². The molecule has 71 valence electrons. The van der Waals surface area contributed by atoms with Crippen molar-refractivity contribution in [3.8, 4) is 5.75 Å². The van der Waals surface area contributed by atoms with Crippen LogP contribution < -0.4 is 5.43 Å². The van der Waals surface area contributed by atoms with E-state index in [4.69, 9.17) is 0 Å². The Bertz CT molecular complexity index is 323. The quantitative estimate of drug-likeness (QED) is 0.768. The SMILES string of the molecule is CCCc1cccc(=O)c(O)c1.[Mn]. The van der Waals surface area contributed by atoms with E-state index in [1.807, 2.05) is 6.07 Å².